The molecular weight excluding hydrogens is 490 g/mol. The number of aromatic nitrogens is 2. The molecule has 0 spiro atoms. The number of aliphatic carboxylic acids is 1. The van der Waals surface area contributed by atoms with Crippen LogP contribution in [0.25, 0.3) is 11.1 Å². The number of carboxylic acid groups (broad SMARTS) is 1. The summed E-state index contributed by atoms with van der Waals surface area (Å²) in [7, 11) is 0. The molecule has 10 heteroatoms. The van der Waals surface area contributed by atoms with Gasteiger partial charge in [-0.2, -0.15) is 0 Å². The number of hydrogen-bond donors (Lipinski definition) is 1. The minimum Gasteiger partial charge on any atom is -0.491 e. The number of benzene rings is 2. The van der Waals surface area contributed by atoms with Crippen LogP contribution >= 0.6 is 11.6 Å². The van der Waals surface area contributed by atoms with Gasteiger partial charge in [0.1, 0.15) is 24.0 Å². The van der Waals surface area contributed by atoms with Crippen LogP contribution in [0.15, 0.2) is 48.8 Å². The number of hydrogen-bond acceptors (Lipinski definition) is 6. The van der Waals surface area contributed by atoms with Gasteiger partial charge in [0.15, 0.2) is 0 Å². The highest BCUT2D eigenvalue weighted by Gasteiger charge is 2.30. The summed E-state index contributed by atoms with van der Waals surface area (Å²) >= 11 is 6.22. The number of carbonyl (C=O) groups is 1. The summed E-state index contributed by atoms with van der Waals surface area (Å²) in [6.07, 6.45) is 2.93. The molecule has 0 radical (unpaired) electrons. The molecule has 0 bridgehead atoms. The molecule has 1 saturated heterocycles. The standard InChI is InChI=1S/C26H27ClF2N4O3/c1-16-14-32(26-30-12-19(13-31-26)21-11-20(28)4-6-23(21)29)15-17(2)33(16)7-8-36-24-9-18(10-25(34)35)3-5-22(24)27/h3-6,9,11-13,16-17H,7-8,10,14-15H2,1-2H3,(H,34,35)/t16-,17+. The zero-order valence-electron chi connectivity index (χ0n) is 20.0. The van der Waals surface area contributed by atoms with Crippen molar-refractivity contribution >= 4 is 23.5 Å². The molecule has 0 aliphatic carbocycles. The maximum atomic E-state index is 14.1. The minimum atomic E-state index is -0.913. The van der Waals surface area contributed by atoms with Crippen LogP contribution in [0.1, 0.15) is 19.4 Å². The van der Waals surface area contributed by atoms with E-state index >= 15 is 0 Å². The Morgan fingerprint density at radius 2 is 1.81 bits per heavy atom. The lowest BCUT2D eigenvalue weighted by Crippen LogP contribution is -2.58. The van der Waals surface area contributed by atoms with E-state index in [1.807, 2.05) is 0 Å². The van der Waals surface area contributed by atoms with E-state index in [9.17, 15) is 13.6 Å². The Bertz CT molecular complexity index is 1220. The van der Waals surface area contributed by atoms with Crippen molar-refractivity contribution in [3.63, 3.8) is 0 Å². The molecule has 7 nitrogen and oxygen atoms in total. The predicted octanol–water partition coefficient (Wildman–Crippen LogP) is 4.68. The second kappa shape index (κ2) is 11.2. The molecule has 4 rings (SSSR count). The first kappa shape index (κ1) is 25.8. The van der Waals surface area contributed by atoms with Crippen molar-refractivity contribution in [2.24, 2.45) is 0 Å². The van der Waals surface area contributed by atoms with Gasteiger partial charge < -0.3 is 14.7 Å². The molecule has 1 aromatic heterocycles. The number of carboxylic acids is 1. The minimum absolute atomic E-state index is 0.0935. The van der Waals surface area contributed by atoms with Crippen LogP contribution in [0.5, 0.6) is 5.75 Å². The molecule has 3 aromatic rings. The second-order valence-corrected chi connectivity index (χ2v) is 9.33. The van der Waals surface area contributed by atoms with Crippen molar-refractivity contribution in [1.82, 2.24) is 14.9 Å². The average Bonchev–Trinajstić information content (AvgIpc) is 2.84. The number of anilines is 1. The Kier molecular flexibility index (Phi) is 8.01. The fraction of sp³-hybridized carbons (Fsp3) is 0.346. The Morgan fingerprint density at radius 3 is 2.47 bits per heavy atom. The van der Waals surface area contributed by atoms with Gasteiger partial charge in [-0.1, -0.05) is 17.7 Å². The van der Waals surface area contributed by atoms with Gasteiger partial charge in [-0.25, -0.2) is 18.7 Å². The van der Waals surface area contributed by atoms with Crippen LogP contribution in [-0.4, -0.2) is 64.3 Å². The number of halogens is 3. The van der Waals surface area contributed by atoms with Crippen molar-refractivity contribution in [2.45, 2.75) is 32.4 Å². The summed E-state index contributed by atoms with van der Waals surface area (Å²) in [5.74, 6) is -0.956. The van der Waals surface area contributed by atoms with Crippen molar-refractivity contribution < 1.29 is 23.4 Å². The monoisotopic (exact) mass is 516 g/mol. The quantitative estimate of drug-likeness (QED) is 0.465. The Morgan fingerprint density at radius 1 is 1.11 bits per heavy atom. The fourth-order valence-corrected chi connectivity index (χ4v) is 4.68. The van der Waals surface area contributed by atoms with E-state index in [4.69, 9.17) is 21.4 Å². The molecule has 0 amide bonds. The normalized spacial score (nSPS) is 18.3. The van der Waals surface area contributed by atoms with Crippen LogP contribution < -0.4 is 9.64 Å². The molecule has 2 heterocycles. The summed E-state index contributed by atoms with van der Waals surface area (Å²) in [6, 6.07) is 8.64. The molecule has 1 aliphatic heterocycles. The van der Waals surface area contributed by atoms with E-state index in [1.54, 1.807) is 18.2 Å². The molecule has 2 atom stereocenters. The molecule has 190 valence electrons. The van der Waals surface area contributed by atoms with Gasteiger partial charge in [0.2, 0.25) is 5.95 Å². The smallest absolute Gasteiger partial charge is 0.307 e. The number of rotatable bonds is 8. The SMILES string of the molecule is C[C@@H]1CN(c2ncc(-c3cc(F)ccc3F)cn2)C[C@H](C)N1CCOc1cc(CC(=O)O)ccc1Cl. The zero-order valence-corrected chi connectivity index (χ0v) is 20.8. The van der Waals surface area contributed by atoms with Gasteiger partial charge in [-0.15, -0.1) is 0 Å². The molecular formula is C26H27ClF2N4O3. The third-order valence-electron chi connectivity index (χ3n) is 6.22. The average molecular weight is 517 g/mol. The molecule has 0 saturated carbocycles. The lowest BCUT2D eigenvalue weighted by atomic mass is 10.1. The van der Waals surface area contributed by atoms with Gasteiger partial charge in [-0.3, -0.25) is 9.69 Å². The largest absolute Gasteiger partial charge is 0.491 e. The number of piperazine rings is 1. The van der Waals surface area contributed by atoms with Crippen LogP contribution in [0.3, 0.4) is 0 Å². The molecule has 2 aromatic carbocycles. The first-order valence-corrected chi connectivity index (χ1v) is 12.0. The molecule has 36 heavy (non-hydrogen) atoms. The lowest BCUT2D eigenvalue weighted by molar-refractivity contribution is -0.136. The van der Waals surface area contributed by atoms with Crippen LogP contribution in [0, 0.1) is 11.6 Å². The number of ether oxygens (including phenoxy) is 1. The highest BCUT2D eigenvalue weighted by Crippen LogP contribution is 2.27. The molecule has 0 unspecified atom stereocenters. The van der Waals surface area contributed by atoms with E-state index < -0.39 is 17.6 Å². The Hall–Kier alpha value is -3.30. The summed E-state index contributed by atoms with van der Waals surface area (Å²) < 4.78 is 33.5. The van der Waals surface area contributed by atoms with Crippen molar-refractivity contribution in [3.8, 4) is 16.9 Å². The Balaban J connectivity index is 1.35. The van der Waals surface area contributed by atoms with E-state index in [2.05, 4.69) is 33.6 Å². The van der Waals surface area contributed by atoms with Crippen molar-refractivity contribution in [3.05, 3.63) is 71.0 Å². The van der Waals surface area contributed by atoms with Crippen LogP contribution in [-0.2, 0) is 11.2 Å². The summed E-state index contributed by atoms with van der Waals surface area (Å²) in [5, 5.41) is 9.44. The van der Waals surface area contributed by atoms with Crippen LogP contribution in [0.4, 0.5) is 14.7 Å². The lowest BCUT2D eigenvalue weighted by Gasteiger charge is -2.44. The van der Waals surface area contributed by atoms with E-state index in [0.717, 1.165) is 18.2 Å². The highest BCUT2D eigenvalue weighted by atomic mass is 35.5. The van der Waals surface area contributed by atoms with Crippen molar-refractivity contribution in [2.75, 3.05) is 31.1 Å². The molecule has 1 N–H and O–H groups in total. The molecule has 1 fully saturated rings. The third kappa shape index (κ3) is 6.09. The summed E-state index contributed by atoms with van der Waals surface area (Å²) in [4.78, 5) is 24.2. The maximum absolute atomic E-state index is 14.1. The summed E-state index contributed by atoms with van der Waals surface area (Å²) in [6.45, 7) is 6.66. The Labute approximate surface area is 213 Å². The first-order chi connectivity index (χ1) is 17.2. The predicted molar refractivity (Wildman–Crippen MR) is 134 cm³/mol. The third-order valence-corrected chi connectivity index (χ3v) is 6.53. The van der Waals surface area contributed by atoms with Crippen molar-refractivity contribution in [1.29, 1.82) is 0 Å². The fourth-order valence-electron chi connectivity index (χ4n) is 4.51. The zero-order chi connectivity index (χ0) is 25.8. The van der Waals surface area contributed by atoms with E-state index in [0.29, 0.717) is 54.1 Å². The van der Waals surface area contributed by atoms with Gasteiger partial charge in [0.25, 0.3) is 0 Å². The highest BCUT2D eigenvalue weighted by molar-refractivity contribution is 6.32. The van der Waals surface area contributed by atoms with Gasteiger partial charge in [0.05, 0.1) is 11.4 Å². The van der Waals surface area contributed by atoms with Gasteiger partial charge in [-0.05, 0) is 49.7 Å². The summed E-state index contributed by atoms with van der Waals surface area (Å²) in [5.41, 5.74) is 1.17. The first-order valence-electron chi connectivity index (χ1n) is 11.6. The van der Waals surface area contributed by atoms with Gasteiger partial charge in [0, 0.05) is 55.2 Å². The number of nitrogens with zero attached hydrogens (tertiary/aromatic N) is 4. The van der Waals surface area contributed by atoms with Gasteiger partial charge >= 0.3 is 5.97 Å². The van der Waals surface area contributed by atoms with E-state index in [1.165, 1.54) is 12.4 Å². The second-order valence-electron chi connectivity index (χ2n) is 8.92. The van der Waals surface area contributed by atoms with E-state index in [-0.39, 0.29) is 24.1 Å². The molecule has 1 aliphatic rings. The van der Waals surface area contributed by atoms with Crippen LogP contribution in [0.2, 0.25) is 5.02 Å². The maximum Gasteiger partial charge on any atom is 0.307 e. The topological polar surface area (TPSA) is 78.8 Å².